The van der Waals surface area contributed by atoms with Crippen LogP contribution in [-0.4, -0.2) is 24.1 Å². The minimum absolute atomic E-state index is 0.712. The fourth-order valence-corrected chi connectivity index (χ4v) is 3.31. The quantitative estimate of drug-likeness (QED) is 0.797. The summed E-state index contributed by atoms with van der Waals surface area (Å²) in [4.78, 5) is 2.49. The predicted octanol–water partition coefficient (Wildman–Crippen LogP) is 2.60. The second-order valence-corrected chi connectivity index (χ2v) is 5.04. The van der Waals surface area contributed by atoms with Gasteiger partial charge in [0.15, 0.2) is 0 Å². The molecule has 3 heteroatoms. The molecule has 0 aliphatic carbocycles. The standard InChI is InChI=1S/C12H18N2S/c1-2-14(12-7-8-15-9-12)11-5-3-10(13)4-6-11/h3-6,12H,2,7-9,13H2,1H3/t12-/m1/s1. The summed E-state index contributed by atoms with van der Waals surface area (Å²) in [6, 6.07) is 8.94. The van der Waals surface area contributed by atoms with Gasteiger partial charge in [0, 0.05) is 29.7 Å². The zero-order chi connectivity index (χ0) is 10.7. The Morgan fingerprint density at radius 1 is 1.40 bits per heavy atom. The summed E-state index contributed by atoms with van der Waals surface area (Å²) in [6.07, 6.45) is 1.31. The van der Waals surface area contributed by atoms with Crippen LogP contribution in [0, 0.1) is 0 Å². The SMILES string of the molecule is CCN(c1ccc(N)cc1)[C@@H]1CCSC1. The molecule has 1 aliphatic heterocycles. The first-order chi connectivity index (χ1) is 7.31. The number of hydrogen-bond donors (Lipinski definition) is 1. The number of nitrogens with zero attached hydrogens (tertiary/aromatic N) is 1. The Bertz CT molecular complexity index is 304. The molecule has 0 aromatic heterocycles. The van der Waals surface area contributed by atoms with Gasteiger partial charge in [0.1, 0.15) is 0 Å². The molecule has 0 spiro atoms. The van der Waals surface area contributed by atoms with Crippen LogP contribution in [-0.2, 0) is 0 Å². The van der Waals surface area contributed by atoms with E-state index in [2.05, 4.69) is 35.7 Å². The second kappa shape index (κ2) is 4.79. The largest absolute Gasteiger partial charge is 0.399 e. The van der Waals surface area contributed by atoms with Crippen LogP contribution < -0.4 is 10.6 Å². The van der Waals surface area contributed by atoms with E-state index < -0.39 is 0 Å². The van der Waals surface area contributed by atoms with Gasteiger partial charge < -0.3 is 10.6 Å². The van der Waals surface area contributed by atoms with Crippen molar-refractivity contribution in [1.82, 2.24) is 0 Å². The smallest absolute Gasteiger partial charge is 0.0388 e. The Hall–Kier alpha value is -0.830. The van der Waals surface area contributed by atoms with E-state index in [1.54, 1.807) is 0 Å². The molecule has 1 atom stereocenters. The van der Waals surface area contributed by atoms with Crippen molar-refractivity contribution in [2.45, 2.75) is 19.4 Å². The van der Waals surface area contributed by atoms with Gasteiger partial charge >= 0.3 is 0 Å². The number of hydrogen-bond acceptors (Lipinski definition) is 3. The number of anilines is 2. The molecule has 1 fully saturated rings. The molecule has 82 valence electrons. The Labute approximate surface area is 95.8 Å². The molecule has 0 radical (unpaired) electrons. The summed E-state index contributed by atoms with van der Waals surface area (Å²) < 4.78 is 0. The van der Waals surface area contributed by atoms with E-state index in [0.29, 0.717) is 6.04 Å². The maximum Gasteiger partial charge on any atom is 0.0388 e. The lowest BCUT2D eigenvalue weighted by atomic mass is 10.2. The zero-order valence-electron chi connectivity index (χ0n) is 9.15. The minimum atomic E-state index is 0.712. The van der Waals surface area contributed by atoms with Gasteiger partial charge in [-0.3, -0.25) is 0 Å². The number of nitrogen functional groups attached to an aromatic ring is 1. The molecule has 2 rings (SSSR count). The highest BCUT2D eigenvalue weighted by Gasteiger charge is 2.21. The normalized spacial score (nSPS) is 20.5. The second-order valence-electron chi connectivity index (χ2n) is 3.89. The lowest BCUT2D eigenvalue weighted by Gasteiger charge is -2.29. The highest BCUT2D eigenvalue weighted by molar-refractivity contribution is 7.99. The van der Waals surface area contributed by atoms with Crippen LogP contribution >= 0.6 is 11.8 Å². The van der Waals surface area contributed by atoms with Crippen molar-refractivity contribution in [3.63, 3.8) is 0 Å². The highest BCUT2D eigenvalue weighted by Crippen LogP contribution is 2.27. The highest BCUT2D eigenvalue weighted by atomic mass is 32.2. The van der Waals surface area contributed by atoms with E-state index in [9.17, 15) is 0 Å². The third-order valence-electron chi connectivity index (χ3n) is 2.91. The summed E-state index contributed by atoms with van der Waals surface area (Å²) in [6.45, 7) is 3.30. The first-order valence-corrected chi connectivity index (χ1v) is 6.66. The number of nitrogens with two attached hydrogens (primary N) is 1. The molecular weight excluding hydrogens is 204 g/mol. The summed E-state index contributed by atoms with van der Waals surface area (Å²) in [7, 11) is 0. The molecule has 0 bridgehead atoms. The molecule has 0 unspecified atom stereocenters. The Morgan fingerprint density at radius 2 is 2.13 bits per heavy atom. The monoisotopic (exact) mass is 222 g/mol. The molecule has 1 aliphatic rings. The fourth-order valence-electron chi connectivity index (χ4n) is 2.09. The Morgan fingerprint density at radius 3 is 2.67 bits per heavy atom. The minimum Gasteiger partial charge on any atom is -0.399 e. The van der Waals surface area contributed by atoms with Crippen molar-refractivity contribution in [3.05, 3.63) is 24.3 Å². The molecule has 1 heterocycles. The lowest BCUT2D eigenvalue weighted by Crippen LogP contribution is -2.34. The zero-order valence-corrected chi connectivity index (χ0v) is 9.96. The van der Waals surface area contributed by atoms with E-state index in [4.69, 9.17) is 5.73 Å². The van der Waals surface area contributed by atoms with Gasteiger partial charge in [-0.15, -0.1) is 0 Å². The average Bonchev–Trinajstić information content (AvgIpc) is 2.75. The molecule has 1 saturated heterocycles. The fraction of sp³-hybridized carbons (Fsp3) is 0.500. The van der Waals surface area contributed by atoms with E-state index in [1.807, 2.05) is 12.1 Å². The van der Waals surface area contributed by atoms with Gasteiger partial charge in [0.2, 0.25) is 0 Å². The van der Waals surface area contributed by atoms with Crippen LogP contribution in [0.3, 0.4) is 0 Å². The average molecular weight is 222 g/mol. The van der Waals surface area contributed by atoms with Crippen LogP contribution in [0.15, 0.2) is 24.3 Å². The number of benzene rings is 1. The first-order valence-electron chi connectivity index (χ1n) is 5.51. The van der Waals surface area contributed by atoms with Crippen LogP contribution in [0.2, 0.25) is 0 Å². The van der Waals surface area contributed by atoms with Crippen molar-refractivity contribution in [1.29, 1.82) is 0 Å². The van der Waals surface area contributed by atoms with E-state index in [1.165, 1.54) is 23.6 Å². The van der Waals surface area contributed by atoms with Gasteiger partial charge in [0.05, 0.1) is 0 Å². The van der Waals surface area contributed by atoms with Crippen LogP contribution in [0.5, 0.6) is 0 Å². The summed E-state index contributed by atoms with van der Waals surface area (Å²) in [5.41, 5.74) is 7.85. The van der Waals surface area contributed by atoms with Gasteiger partial charge in [-0.2, -0.15) is 11.8 Å². The van der Waals surface area contributed by atoms with Crippen molar-refractivity contribution in [2.75, 3.05) is 28.7 Å². The molecule has 1 aromatic rings. The predicted molar refractivity (Wildman–Crippen MR) is 69.6 cm³/mol. The molecule has 1 aromatic carbocycles. The van der Waals surface area contributed by atoms with Crippen molar-refractivity contribution >= 4 is 23.1 Å². The maximum absolute atomic E-state index is 5.70. The molecule has 0 saturated carbocycles. The molecule has 2 N–H and O–H groups in total. The Balaban J connectivity index is 2.14. The van der Waals surface area contributed by atoms with Gasteiger partial charge in [0.25, 0.3) is 0 Å². The third kappa shape index (κ3) is 2.40. The number of rotatable bonds is 3. The number of thioether (sulfide) groups is 1. The molecular formula is C12H18N2S. The molecule has 2 nitrogen and oxygen atoms in total. The van der Waals surface area contributed by atoms with Crippen molar-refractivity contribution in [2.24, 2.45) is 0 Å². The van der Waals surface area contributed by atoms with Gasteiger partial charge in [-0.1, -0.05) is 0 Å². The topological polar surface area (TPSA) is 29.3 Å². The first kappa shape index (κ1) is 10.7. The lowest BCUT2D eigenvalue weighted by molar-refractivity contribution is 0.661. The summed E-state index contributed by atoms with van der Waals surface area (Å²) in [5.74, 6) is 2.56. The van der Waals surface area contributed by atoms with Crippen LogP contribution in [0.4, 0.5) is 11.4 Å². The van der Waals surface area contributed by atoms with Crippen molar-refractivity contribution in [3.8, 4) is 0 Å². The van der Waals surface area contributed by atoms with Crippen LogP contribution in [0.25, 0.3) is 0 Å². The van der Waals surface area contributed by atoms with Gasteiger partial charge in [-0.25, -0.2) is 0 Å². The Kier molecular flexibility index (Phi) is 3.41. The van der Waals surface area contributed by atoms with E-state index in [-0.39, 0.29) is 0 Å². The summed E-state index contributed by atoms with van der Waals surface area (Å²) >= 11 is 2.06. The maximum atomic E-state index is 5.70. The molecule has 15 heavy (non-hydrogen) atoms. The third-order valence-corrected chi connectivity index (χ3v) is 4.06. The van der Waals surface area contributed by atoms with E-state index in [0.717, 1.165) is 12.2 Å². The molecule has 0 amide bonds. The summed E-state index contributed by atoms with van der Waals surface area (Å²) in [5, 5.41) is 0. The van der Waals surface area contributed by atoms with Crippen LogP contribution in [0.1, 0.15) is 13.3 Å². The van der Waals surface area contributed by atoms with Gasteiger partial charge in [-0.05, 0) is 43.4 Å². The van der Waals surface area contributed by atoms with Crippen molar-refractivity contribution < 1.29 is 0 Å². The van der Waals surface area contributed by atoms with E-state index >= 15 is 0 Å².